The van der Waals surface area contributed by atoms with Gasteiger partial charge >= 0.3 is 0 Å². The molecule has 1 rings (SSSR count). The van der Waals surface area contributed by atoms with Gasteiger partial charge in [-0.3, -0.25) is 0 Å². The van der Waals surface area contributed by atoms with Crippen LogP contribution < -0.4 is 10.6 Å². The van der Waals surface area contributed by atoms with Crippen molar-refractivity contribution >= 4 is 0 Å². The highest BCUT2D eigenvalue weighted by atomic mass is 15.0. The summed E-state index contributed by atoms with van der Waals surface area (Å²) in [4.78, 5) is 0. The van der Waals surface area contributed by atoms with Crippen molar-refractivity contribution in [3.05, 3.63) is 0 Å². The highest BCUT2D eigenvalue weighted by molar-refractivity contribution is 4.75. The zero-order chi connectivity index (χ0) is 8.53. The molecule has 0 aromatic rings. The summed E-state index contributed by atoms with van der Waals surface area (Å²) >= 11 is 0. The van der Waals surface area contributed by atoms with Crippen LogP contribution in [-0.4, -0.2) is 25.7 Å². The second kappa shape index (κ2) is 8.02. The van der Waals surface area contributed by atoms with E-state index in [-0.39, 0.29) is 0 Å². The van der Waals surface area contributed by atoms with E-state index in [0.717, 1.165) is 19.1 Å². The Bertz CT molecular complexity index is 68.0. The number of hydrogen-bond acceptors (Lipinski definition) is 2. The molecule has 0 aromatic carbocycles. The fraction of sp³-hybridized carbons (Fsp3) is 1.00. The number of rotatable bonds is 3. The Labute approximate surface area is 70.8 Å². The van der Waals surface area contributed by atoms with Gasteiger partial charge in [-0.15, -0.1) is 0 Å². The highest BCUT2D eigenvalue weighted by Gasteiger charge is 2.11. The molecule has 1 saturated heterocycles. The van der Waals surface area contributed by atoms with Gasteiger partial charge in [-0.1, -0.05) is 20.8 Å². The van der Waals surface area contributed by atoms with Crippen molar-refractivity contribution in [3.8, 4) is 0 Å². The van der Waals surface area contributed by atoms with Gasteiger partial charge in [0.25, 0.3) is 0 Å². The van der Waals surface area contributed by atoms with Crippen LogP contribution in [0, 0.1) is 0 Å². The Morgan fingerprint density at radius 2 is 2.18 bits per heavy atom. The molecule has 1 unspecified atom stereocenters. The lowest BCUT2D eigenvalue weighted by Gasteiger charge is -2.08. The number of hydrogen-bond donors (Lipinski definition) is 2. The van der Waals surface area contributed by atoms with Crippen LogP contribution in [0.25, 0.3) is 0 Å². The van der Waals surface area contributed by atoms with Crippen LogP contribution in [0.1, 0.15) is 33.6 Å². The lowest BCUT2D eigenvalue weighted by molar-refractivity contribution is 0.547. The molecule has 0 aromatic heterocycles. The van der Waals surface area contributed by atoms with Crippen LogP contribution in [0.4, 0.5) is 0 Å². The van der Waals surface area contributed by atoms with E-state index in [2.05, 4.69) is 17.6 Å². The molecular formula is C9H22N2. The molecule has 0 bridgehead atoms. The summed E-state index contributed by atoms with van der Waals surface area (Å²) in [6.07, 6.45) is 2.71. The van der Waals surface area contributed by atoms with Gasteiger partial charge in [0.1, 0.15) is 0 Å². The smallest absolute Gasteiger partial charge is 0.0192 e. The van der Waals surface area contributed by atoms with Gasteiger partial charge in [0.05, 0.1) is 0 Å². The van der Waals surface area contributed by atoms with Crippen molar-refractivity contribution in [1.82, 2.24) is 10.6 Å². The van der Waals surface area contributed by atoms with E-state index in [1.54, 1.807) is 0 Å². The van der Waals surface area contributed by atoms with E-state index in [9.17, 15) is 0 Å². The van der Waals surface area contributed by atoms with E-state index >= 15 is 0 Å². The molecule has 1 atom stereocenters. The Morgan fingerprint density at radius 3 is 2.64 bits per heavy atom. The largest absolute Gasteiger partial charge is 0.315 e. The van der Waals surface area contributed by atoms with E-state index in [1.165, 1.54) is 19.4 Å². The summed E-state index contributed by atoms with van der Waals surface area (Å²) in [6.45, 7) is 9.61. The lowest BCUT2D eigenvalue weighted by Crippen LogP contribution is -2.33. The van der Waals surface area contributed by atoms with Crippen molar-refractivity contribution in [2.75, 3.05) is 19.6 Å². The molecule has 0 aliphatic carbocycles. The molecule has 1 aliphatic heterocycles. The Kier molecular flexibility index (Phi) is 7.96. The third-order valence-corrected chi connectivity index (χ3v) is 1.80. The van der Waals surface area contributed by atoms with Crippen LogP contribution in [0.2, 0.25) is 0 Å². The van der Waals surface area contributed by atoms with Gasteiger partial charge in [-0.25, -0.2) is 0 Å². The van der Waals surface area contributed by atoms with Crippen LogP contribution >= 0.6 is 0 Å². The zero-order valence-electron chi connectivity index (χ0n) is 8.11. The summed E-state index contributed by atoms with van der Waals surface area (Å²) in [5.74, 6) is 0. The van der Waals surface area contributed by atoms with Gasteiger partial charge in [0.2, 0.25) is 0 Å². The van der Waals surface area contributed by atoms with Crippen molar-refractivity contribution < 1.29 is 0 Å². The first-order valence-electron chi connectivity index (χ1n) is 4.87. The Balaban J connectivity index is 0.000000461. The van der Waals surface area contributed by atoms with Crippen LogP contribution in [-0.2, 0) is 0 Å². The minimum atomic E-state index is 0.755. The predicted molar refractivity (Wildman–Crippen MR) is 50.9 cm³/mol. The molecule has 68 valence electrons. The van der Waals surface area contributed by atoms with Gasteiger partial charge in [0, 0.05) is 12.6 Å². The van der Waals surface area contributed by atoms with Crippen LogP contribution in [0.3, 0.4) is 0 Å². The monoisotopic (exact) mass is 158 g/mol. The minimum Gasteiger partial charge on any atom is -0.315 e. The highest BCUT2D eigenvalue weighted by Crippen LogP contribution is 2.02. The molecule has 2 nitrogen and oxygen atoms in total. The Hall–Kier alpha value is -0.0800. The van der Waals surface area contributed by atoms with Gasteiger partial charge in [0.15, 0.2) is 0 Å². The molecular weight excluding hydrogens is 136 g/mol. The second-order valence-corrected chi connectivity index (χ2v) is 2.60. The number of likely N-dealkylation sites (N-methyl/N-ethyl adjacent to an activating group) is 1. The maximum atomic E-state index is 3.43. The summed E-state index contributed by atoms with van der Waals surface area (Å²) in [6, 6.07) is 0.755. The first kappa shape index (κ1) is 10.9. The summed E-state index contributed by atoms with van der Waals surface area (Å²) in [7, 11) is 0. The number of nitrogens with one attached hydrogen (secondary N) is 2. The van der Waals surface area contributed by atoms with Crippen LogP contribution in [0.5, 0.6) is 0 Å². The zero-order valence-corrected chi connectivity index (χ0v) is 8.11. The van der Waals surface area contributed by atoms with E-state index in [0.29, 0.717) is 0 Å². The molecule has 11 heavy (non-hydrogen) atoms. The molecule has 0 amide bonds. The summed E-state index contributed by atoms with van der Waals surface area (Å²) in [5, 5.41) is 6.76. The third-order valence-electron chi connectivity index (χ3n) is 1.80. The maximum Gasteiger partial charge on any atom is 0.0192 e. The third kappa shape index (κ3) is 5.22. The average Bonchev–Trinajstić information content (AvgIpc) is 2.57. The molecule has 0 spiro atoms. The second-order valence-electron chi connectivity index (χ2n) is 2.60. The molecule has 2 N–H and O–H groups in total. The standard InChI is InChI=1S/C7H16N2.C2H6/c1-2-8-6-7-4-3-5-9-7;1-2/h7-9H,2-6H2,1H3;1-2H3. The van der Waals surface area contributed by atoms with Crippen molar-refractivity contribution in [1.29, 1.82) is 0 Å². The van der Waals surface area contributed by atoms with Crippen molar-refractivity contribution in [2.45, 2.75) is 39.7 Å². The van der Waals surface area contributed by atoms with Gasteiger partial charge < -0.3 is 10.6 Å². The Morgan fingerprint density at radius 1 is 1.45 bits per heavy atom. The molecule has 2 heteroatoms. The summed E-state index contributed by atoms with van der Waals surface area (Å²) < 4.78 is 0. The van der Waals surface area contributed by atoms with Crippen molar-refractivity contribution in [3.63, 3.8) is 0 Å². The molecule has 0 radical (unpaired) electrons. The van der Waals surface area contributed by atoms with Crippen molar-refractivity contribution in [2.24, 2.45) is 0 Å². The minimum absolute atomic E-state index is 0.755. The van der Waals surface area contributed by atoms with Crippen LogP contribution in [0.15, 0.2) is 0 Å². The van der Waals surface area contributed by atoms with Gasteiger partial charge in [-0.05, 0) is 25.9 Å². The summed E-state index contributed by atoms with van der Waals surface area (Å²) in [5.41, 5.74) is 0. The SMILES string of the molecule is CC.CCNCC1CCCN1. The van der Waals surface area contributed by atoms with E-state index in [1.807, 2.05) is 13.8 Å². The van der Waals surface area contributed by atoms with Gasteiger partial charge in [-0.2, -0.15) is 0 Å². The fourth-order valence-corrected chi connectivity index (χ4v) is 1.25. The molecule has 0 saturated carbocycles. The first-order chi connectivity index (χ1) is 5.43. The van der Waals surface area contributed by atoms with E-state index in [4.69, 9.17) is 0 Å². The normalized spacial score (nSPS) is 22.6. The molecule has 1 heterocycles. The van der Waals surface area contributed by atoms with E-state index < -0.39 is 0 Å². The topological polar surface area (TPSA) is 24.1 Å². The molecule has 1 aliphatic rings. The lowest BCUT2D eigenvalue weighted by atomic mass is 10.2. The quantitative estimate of drug-likeness (QED) is 0.648. The fourth-order valence-electron chi connectivity index (χ4n) is 1.25. The average molecular weight is 158 g/mol. The first-order valence-corrected chi connectivity index (χ1v) is 4.87. The predicted octanol–water partition coefficient (Wildman–Crippen LogP) is 1.37. The molecule has 1 fully saturated rings. The maximum absolute atomic E-state index is 3.43.